The summed E-state index contributed by atoms with van der Waals surface area (Å²) in [5.41, 5.74) is 2.98. The van der Waals surface area contributed by atoms with Crippen LogP contribution >= 0.6 is 0 Å². The zero-order chi connectivity index (χ0) is 13.8. The van der Waals surface area contributed by atoms with E-state index in [4.69, 9.17) is 10.8 Å². The molecule has 0 aromatic rings. The molecule has 0 aromatic heterocycles. The van der Waals surface area contributed by atoms with Crippen molar-refractivity contribution in [3.63, 3.8) is 0 Å². The van der Waals surface area contributed by atoms with Crippen molar-refractivity contribution >= 4 is 8.32 Å². The predicted octanol–water partition coefficient (Wildman–Crippen LogP) is 4.08. The van der Waals surface area contributed by atoms with Crippen LogP contribution in [0.1, 0.15) is 6.92 Å². The monoisotopic (exact) mass is 246 g/mol. The normalized spacial score (nSPS) is 12.4. The molecular formula is C15H22OSi. The topological polar surface area (TPSA) is 9.23 Å². The van der Waals surface area contributed by atoms with Gasteiger partial charge < -0.3 is 4.43 Å². The van der Waals surface area contributed by atoms with Gasteiger partial charge in [-0.05, 0) is 37.7 Å². The minimum Gasteiger partial charge on any atom is -0.406 e. The van der Waals surface area contributed by atoms with E-state index < -0.39 is 8.32 Å². The van der Waals surface area contributed by atoms with Crippen molar-refractivity contribution in [2.75, 3.05) is 0 Å². The summed E-state index contributed by atoms with van der Waals surface area (Å²) < 4.78 is 6.02. The van der Waals surface area contributed by atoms with Gasteiger partial charge in [0.1, 0.15) is 6.10 Å². The minimum absolute atomic E-state index is 0.351. The summed E-state index contributed by atoms with van der Waals surface area (Å²) in [6.45, 7) is 23.8. The van der Waals surface area contributed by atoms with Crippen LogP contribution < -0.4 is 0 Å². The number of hydrogen-bond acceptors (Lipinski definition) is 1. The van der Waals surface area contributed by atoms with E-state index in [9.17, 15) is 0 Å². The Morgan fingerprint density at radius 2 is 1.65 bits per heavy atom. The van der Waals surface area contributed by atoms with Crippen LogP contribution in [0.5, 0.6) is 0 Å². The van der Waals surface area contributed by atoms with Gasteiger partial charge in [0.15, 0.2) is 8.32 Å². The van der Waals surface area contributed by atoms with Gasteiger partial charge in [0.25, 0.3) is 0 Å². The second kappa shape index (κ2) is 5.86. The third kappa shape index (κ3) is 5.03. The van der Waals surface area contributed by atoms with Gasteiger partial charge in [-0.25, -0.2) is 0 Å². The SMILES string of the molecule is C#CC(=C)C(O[Si](C)(C)C)C(=C)C(=C)C(=C)C. The van der Waals surface area contributed by atoms with Gasteiger partial charge in [-0.1, -0.05) is 37.8 Å². The van der Waals surface area contributed by atoms with E-state index in [1.165, 1.54) is 0 Å². The molecule has 0 heterocycles. The number of terminal acetylenes is 1. The van der Waals surface area contributed by atoms with E-state index in [-0.39, 0.29) is 6.10 Å². The molecule has 0 aliphatic rings. The highest BCUT2D eigenvalue weighted by molar-refractivity contribution is 6.69. The maximum Gasteiger partial charge on any atom is 0.185 e. The molecule has 1 nitrogen and oxygen atoms in total. The van der Waals surface area contributed by atoms with Crippen LogP contribution in [0.2, 0.25) is 19.6 Å². The van der Waals surface area contributed by atoms with E-state index in [1.807, 2.05) is 6.92 Å². The highest BCUT2D eigenvalue weighted by Gasteiger charge is 2.25. The second-order valence-electron chi connectivity index (χ2n) is 5.06. The Labute approximate surface area is 107 Å². The molecule has 92 valence electrons. The Bertz CT molecular complexity index is 402. The minimum atomic E-state index is -1.73. The fraction of sp³-hybridized carbons (Fsp3) is 0.333. The fourth-order valence-electron chi connectivity index (χ4n) is 1.21. The molecule has 0 saturated carbocycles. The molecule has 0 aliphatic heterocycles. The molecule has 0 rings (SSSR count). The van der Waals surface area contributed by atoms with Crippen molar-refractivity contribution in [3.05, 3.63) is 48.6 Å². The van der Waals surface area contributed by atoms with Gasteiger partial charge in [-0.3, -0.25) is 0 Å². The van der Waals surface area contributed by atoms with Gasteiger partial charge in [0, 0.05) is 5.57 Å². The standard InChI is InChI=1S/C15H22OSi/c1-10-12(4)15(16-17(7,8)9)14(6)13(5)11(2)3/h1,15H,2,4-6H2,3,7-9H3. The van der Waals surface area contributed by atoms with Gasteiger partial charge in [0.2, 0.25) is 0 Å². The molecule has 0 radical (unpaired) electrons. The van der Waals surface area contributed by atoms with Crippen molar-refractivity contribution in [2.24, 2.45) is 0 Å². The molecule has 17 heavy (non-hydrogen) atoms. The van der Waals surface area contributed by atoms with Crippen molar-refractivity contribution in [1.82, 2.24) is 0 Å². The molecule has 0 aliphatic carbocycles. The summed E-state index contributed by atoms with van der Waals surface area (Å²) >= 11 is 0. The lowest BCUT2D eigenvalue weighted by Crippen LogP contribution is -2.34. The van der Waals surface area contributed by atoms with Crippen LogP contribution in [0.3, 0.4) is 0 Å². The largest absolute Gasteiger partial charge is 0.406 e. The van der Waals surface area contributed by atoms with Gasteiger partial charge in [0.05, 0.1) is 0 Å². The Morgan fingerprint density at radius 1 is 1.18 bits per heavy atom. The Morgan fingerprint density at radius 3 is 1.94 bits per heavy atom. The Hall–Kier alpha value is -1.30. The van der Waals surface area contributed by atoms with Crippen LogP contribution in [0.4, 0.5) is 0 Å². The lowest BCUT2D eigenvalue weighted by molar-refractivity contribution is 0.273. The van der Waals surface area contributed by atoms with E-state index in [1.54, 1.807) is 0 Å². The average Bonchev–Trinajstić information content (AvgIpc) is 2.21. The van der Waals surface area contributed by atoms with Crippen LogP contribution in [0, 0.1) is 12.3 Å². The first-order valence-electron chi connectivity index (χ1n) is 5.47. The quantitative estimate of drug-likeness (QED) is 0.390. The maximum absolute atomic E-state index is 6.02. The number of hydrogen-bond donors (Lipinski definition) is 0. The average molecular weight is 246 g/mol. The lowest BCUT2D eigenvalue weighted by Gasteiger charge is -2.28. The molecule has 0 bridgehead atoms. The zero-order valence-corrected chi connectivity index (χ0v) is 12.4. The molecular weight excluding hydrogens is 224 g/mol. The van der Waals surface area contributed by atoms with Crippen LogP contribution in [0.15, 0.2) is 48.6 Å². The molecule has 1 atom stereocenters. The molecule has 0 aromatic carbocycles. The molecule has 0 N–H and O–H groups in total. The molecule has 0 fully saturated rings. The summed E-state index contributed by atoms with van der Waals surface area (Å²) in [5, 5.41) is 0. The third-order valence-corrected chi connectivity index (χ3v) is 3.14. The lowest BCUT2D eigenvalue weighted by atomic mass is 9.95. The van der Waals surface area contributed by atoms with Crippen molar-refractivity contribution in [1.29, 1.82) is 0 Å². The first-order chi connectivity index (χ1) is 7.60. The van der Waals surface area contributed by atoms with Gasteiger partial charge in [-0.15, -0.1) is 6.42 Å². The summed E-state index contributed by atoms with van der Waals surface area (Å²) in [7, 11) is -1.73. The highest BCUT2D eigenvalue weighted by Crippen LogP contribution is 2.26. The van der Waals surface area contributed by atoms with Gasteiger partial charge >= 0.3 is 0 Å². The van der Waals surface area contributed by atoms with Gasteiger partial charge in [-0.2, -0.15) is 0 Å². The third-order valence-electron chi connectivity index (χ3n) is 2.19. The van der Waals surface area contributed by atoms with Crippen molar-refractivity contribution in [3.8, 4) is 12.3 Å². The smallest absolute Gasteiger partial charge is 0.185 e. The summed E-state index contributed by atoms with van der Waals surface area (Å²) in [5.74, 6) is 2.53. The first-order valence-corrected chi connectivity index (χ1v) is 8.88. The van der Waals surface area contributed by atoms with Crippen LogP contribution in [-0.4, -0.2) is 14.4 Å². The van der Waals surface area contributed by atoms with E-state index in [0.717, 1.165) is 16.7 Å². The van der Waals surface area contributed by atoms with E-state index in [2.05, 4.69) is 51.9 Å². The molecule has 0 amide bonds. The van der Waals surface area contributed by atoms with Crippen LogP contribution in [-0.2, 0) is 4.43 Å². The fourth-order valence-corrected chi connectivity index (χ4v) is 2.21. The molecule has 2 heteroatoms. The van der Waals surface area contributed by atoms with E-state index >= 15 is 0 Å². The number of rotatable bonds is 6. The highest BCUT2D eigenvalue weighted by atomic mass is 28.4. The summed E-state index contributed by atoms with van der Waals surface area (Å²) in [4.78, 5) is 0. The molecule has 0 spiro atoms. The summed E-state index contributed by atoms with van der Waals surface area (Å²) in [6, 6.07) is 0. The second-order valence-corrected chi connectivity index (χ2v) is 9.52. The Kier molecular flexibility index (Phi) is 5.41. The van der Waals surface area contributed by atoms with Crippen LogP contribution in [0.25, 0.3) is 0 Å². The summed E-state index contributed by atoms with van der Waals surface area (Å²) in [6.07, 6.45) is 5.05. The Balaban J connectivity index is 5.16. The predicted molar refractivity (Wildman–Crippen MR) is 79.3 cm³/mol. The number of allylic oxidation sites excluding steroid dienone is 1. The van der Waals surface area contributed by atoms with E-state index in [0.29, 0.717) is 5.57 Å². The first kappa shape index (κ1) is 15.7. The van der Waals surface area contributed by atoms with Crippen molar-refractivity contribution in [2.45, 2.75) is 32.7 Å². The zero-order valence-electron chi connectivity index (χ0n) is 11.4. The van der Waals surface area contributed by atoms with Crippen molar-refractivity contribution < 1.29 is 4.43 Å². The maximum atomic E-state index is 6.02. The molecule has 0 saturated heterocycles. The molecule has 1 unspecified atom stereocenters.